The lowest BCUT2D eigenvalue weighted by atomic mass is 10.2. The Hall–Kier alpha value is -3.14. The molecule has 0 aliphatic rings. The van der Waals surface area contributed by atoms with Crippen LogP contribution in [0.4, 0.5) is 11.5 Å². The van der Waals surface area contributed by atoms with E-state index in [9.17, 15) is 9.59 Å². The molecule has 0 atom stereocenters. The van der Waals surface area contributed by atoms with E-state index in [-0.39, 0.29) is 17.3 Å². The molecule has 0 unspecified atom stereocenters. The van der Waals surface area contributed by atoms with Gasteiger partial charge in [-0.1, -0.05) is 6.07 Å². The Bertz CT molecular complexity index is 699. The van der Waals surface area contributed by atoms with Gasteiger partial charge in [-0.05, 0) is 18.2 Å². The van der Waals surface area contributed by atoms with Gasteiger partial charge in [0.25, 0.3) is 5.91 Å². The van der Waals surface area contributed by atoms with Crippen LogP contribution >= 0.6 is 0 Å². The fourth-order valence-corrected chi connectivity index (χ4v) is 1.59. The first-order valence-electron chi connectivity index (χ1n) is 5.72. The lowest BCUT2D eigenvalue weighted by Gasteiger charge is -2.06. The van der Waals surface area contributed by atoms with Crippen molar-refractivity contribution < 1.29 is 9.59 Å². The Morgan fingerprint density at radius 2 is 2.15 bits per heavy atom. The average Bonchev–Trinajstić information content (AvgIpc) is 2.85. The third-order valence-corrected chi connectivity index (χ3v) is 2.44. The normalized spacial score (nSPS) is 9.60. The lowest BCUT2D eigenvalue weighted by molar-refractivity contribution is -0.114. The lowest BCUT2D eigenvalue weighted by Crippen LogP contribution is -2.14. The zero-order valence-electron chi connectivity index (χ0n) is 10.6. The van der Waals surface area contributed by atoms with E-state index in [0.717, 1.165) is 0 Å². The van der Waals surface area contributed by atoms with Crippen LogP contribution in [-0.2, 0) is 4.79 Å². The van der Waals surface area contributed by atoms with E-state index in [1.807, 2.05) is 6.07 Å². The molecule has 0 radical (unpaired) electrons. The van der Waals surface area contributed by atoms with Gasteiger partial charge in [0, 0.05) is 18.2 Å². The van der Waals surface area contributed by atoms with E-state index in [1.54, 1.807) is 24.3 Å². The number of nitrogens with zero attached hydrogens (tertiary/aromatic N) is 2. The molecule has 1 aromatic heterocycles. The number of hydrogen-bond acceptors (Lipinski definition) is 4. The summed E-state index contributed by atoms with van der Waals surface area (Å²) in [5, 5.41) is 20.2. The summed E-state index contributed by atoms with van der Waals surface area (Å²) < 4.78 is 0. The van der Waals surface area contributed by atoms with Crippen molar-refractivity contribution in [1.29, 1.82) is 5.26 Å². The first kappa shape index (κ1) is 13.3. The Morgan fingerprint density at radius 1 is 1.35 bits per heavy atom. The van der Waals surface area contributed by atoms with Crippen LogP contribution in [0.1, 0.15) is 22.8 Å². The molecule has 0 bridgehead atoms. The molecule has 0 spiro atoms. The maximum Gasteiger partial charge on any atom is 0.256 e. The zero-order chi connectivity index (χ0) is 14.5. The first-order valence-corrected chi connectivity index (χ1v) is 5.72. The molecule has 100 valence electrons. The van der Waals surface area contributed by atoms with Crippen molar-refractivity contribution in [2.24, 2.45) is 0 Å². The molecule has 2 amide bonds. The monoisotopic (exact) mass is 269 g/mol. The minimum atomic E-state index is -0.405. The van der Waals surface area contributed by atoms with E-state index in [4.69, 9.17) is 5.26 Å². The van der Waals surface area contributed by atoms with Crippen molar-refractivity contribution in [3.8, 4) is 6.07 Å². The first-order chi connectivity index (χ1) is 9.60. The average molecular weight is 269 g/mol. The molecule has 3 N–H and O–H groups in total. The van der Waals surface area contributed by atoms with Crippen LogP contribution in [0.15, 0.2) is 30.5 Å². The second kappa shape index (κ2) is 5.67. The largest absolute Gasteiger partial charge is 0.326 e. The summed E-state index contributed by atoms with van der Waals surface area (Å²) in [6, 6.07) is 8.37. The third kappa shape index (κ3) is 3.00. The molecule has 0 aliphatic carbocycles. The summed E-state index contributed by atoms with van der Waals surface area (Å²) in [5.41, 5.74) is 1.13. The minimum absolute atomic E-state index is 0.220. The van der Waals surface area contributed by atoms with Crippen LogP contribution < -0.4 is 10.6 Å². The number of hydrogen-bond donors (Lipinski definition) is 3. The van der Waals surface area contributed by atoms with Crippen molar-refractivity contribution in [2.75, 3.05) is 10.6 Å². The number of rotatable bonds is 3. The van der Waals surface area contributed by atoms with Gasteiger partial charge < -0.3 is 10.6 Å². The van der Waals surface area contributed by atoms with Gasteiger partial charge in [-0.2, -0.15) is 10.4 Å². The van der Waals surface area contributed by atoms with Gasteiger partial charge >= 0.3 is 0 Å². The van der Waals surface area contributed by atoms with Gasteiger partial charge in [0.05, 0.1) is 6.20 Å². The summed E-state index contributed by atoms with van der Waals surface area (Å²) in [6.07, 6.45) is 1.32. The van der Waals surface area contributed by atoms with Gasteiger partial charge in [0.1, 0.15) is 17.5 Å². The van der Waals surface area contributed by atoms with E-state index < -0.39 is 5.91 Å². The number of benzene rings is 1. The number of aromatic nitrogens is 2. The van der Waals surface area contributed by atoms with Gasteiger partial charge in [0.15, 0.2) is 0 Å². The van der Waals surface area contributed by atoms with Crippen LogP contribution in [-0.4, -0.2) is 22.0 Å². The number of amides is 2. The number of nitrogens with one attached hydrogen (secondary N) is 3. The van der Waals surface area contributed by atoms with Crippen LogP contribution in [0.2, 0.25) is 0 Å². The highest BCUT2D eigenvalue weighted by Crippen LogP contribution is 2.14. The highest BCUT2D eigenvalue weighted by Gasteiger charge is 2.11. The maximum atomic E-state index is 12.0. The molecule has 20 heavy (non-hydrogen) atoms. The quantitative estimate of drug-likeness (QED) is 0.783. The second-order valence-corrected chi connectivity index (χ2v) is 3.99. The Morgan fingerprint density at radius 3 is 2.85 bits per heavy atom. The molecule has 2 rings (SSSR count). The van der Waals surface area contributed by atoms with E-state index >= 15 is 0 Å². The molecule has 1 heterocycles. The highest BCUT2D eigenvalue weighted by molar-refractivity contribution is 6.05. The third-order valence-electron chi connectivity index (χ3n) is 2.44. The molecule has 0 saturated heterocycles. The second-order valence-electron chi connectivity index (χ2n) is 3.99. The van der Waals surface area contributed by atoms with E-state index in [2.05, 4.69) is 20.8 Å². The Balaban J connectivity index is 2.17. The number of H-pyrrole nitrogens is 1. The number of aromatic amines is 1. The van der Waals surface area contributed by atoms with E-state index in [1.165, 1.54) is 13.1 Å². The number of anilines is 2. The van der Waals surface area contributed by atoms with Crippen molar-refractivity contribution in [3.05, 3.63) is 41.6 Å². The number of carbonyl (C=O) groups is 2. The predicted molar refractivity (Wildman–Crippen MR) is 72.0 cm³/mol. The SMILES string of the molecule is CC(=O)Nc1cccc(C(=O)Nc2[nH]ncc2C#N)c1. The van der Waals surface area contributed by atoms with Crippen molar-refractivity contribution in [2.45, 2.75) is 6.92 Å². The fraction of sp³-hybridized carbons (Fsp3) is 0.0769. The number of carbonyl (C=O) groups excluding carboxylic acids is 2. The van der Waals surface area contributed by atoms with Crippen LogP contribution in [0, 0.1) is 11.3 Å². The summed E-state index contributed by atoms with van der Waals surface area (Å²) in [7, 11) is 0. The molecule has 7 nitrogen and oxygen atoms in total. The number of nitriles is 1. The molecule has 2 aromatic rings. The van der Waals surface area contributed by atoms with Gasteiger partial charge in [-0.25, -0.2) is 0 Å². The molecular weight excluding hydrogens is 258 g/mol. The standard InChI is InChI=1S/C13H11N5O2/c1-8(19)16-11-4-2-3-9(5-11)13(20)17-12-10(6-14)7-15-18-12/h2-5,7H,1H3,(H,16,19)(H2,15,17,18,20). The smallest absolute Gasteiger partial charge is 0.256 e. The van der Waals surface area contributed by atoms with Crippen molar-refractivity contribution >= 4 is 23.3 Å². The summed E-state index contributed by atoms with van der Waals surface area (Å²) in [5.74, 6) is -0.386. The van der Waals surface area contributed by atoms with Crippen LogP contribution in [0.25, 0.3) is 0 Å². The summed E-state index contributed by atoms with van der Waals surface area (Å²) in [6.45, 7) is 1.39. The minimum Gasteiger partial charge on any atom is -0.326 e. The predicted octanol–water partition coefficient (Wildman–Crippen LogP) is 1.49. The van der Waals surface area contributed by atoms with Gasteiger partial charge in [0.2, 0.25) is 5.91 Å². The molecule has 0 aliphatic heterocycles. The summed E-state index contributed by atoms with van der Waals surface area (Å²) in [4.78, 5) is 23.0. The Kier molecular flexibility index (Phi) is 3.77. The Labute approximate surface area is 114 Å². The van der Waals surface area contributed by atoms with Gasteiger partial charge in [-0.3, -0.25) is 14.7 Å². The molecular formula is C13H11N5O2. The van der Waals surface area contributed by atoms with Crippen molar-refractivity contribution in [3.63, 3.8) is 0 Å². The molecule has 0 saturated carbocycles. The molecule has 1 aromatic carbocycles. The fourth-order valence-electron chi connectivity index (χ4n) is 1.59. The molecule has 7 heteroatoms. The highest BCUT2D eigenvalue weighted by atomic mass is 16.2. The molecule has 0 fully saturated rings. The van der Waals surface area contributed by atoms with Crippen molar-refractivity contribution in [1.82, 2.24) is 10.2 Å². The van der Waals surface area contributed by atoms with Crippen LogP contribution in [0.3, 0.4) is 0 Å². The maximum absolute atomic E-state index is 12.0. The summed E-state index contributed by atoms with van der Waals surface area (Å²) >= 11 is 0. The van der Waals surface area contributed by atoms with Crippen LogP contribution in [0.5, 0.6) is 0 Å². The van der Waals surface area contributed by atoms with Gasteiger partial charge in [-0.15, -0.1) is 0 Å². The topological polar surface area (TPSA) is 111 Å². The van der Waals surface area contributed by atoms with E-state index in [0.29, 0.717) is 11.3 Å². The zero-order valence-corrected chi connectivity index (χ0v) is 10.6.